The quantitative estimate of drug-likeness (QED) is 0.833. The van der Waals surface area contributed by atoms with Gasteiger partial charge in [0.25, 0.3) is 0 Å². The largest absolute Gasteiger partial charge is 0.496 e. The van der Waals surface area contributed by atoms with Gasteiger partial charge in [0.05, 0.1) is 12.7 Å². The fraction of sp³-hybridized carbons (Fsp3) is 0.250. The standard InChI is InChI=1S/C16H17IO2/c1-16(18,11-12-7-9-13(17)10-8-12)14-5-3-4-6-15(14)19-2/h3-10,18H,11H2,1-2H3. The fourth-order valence-corrected chi connectivity index (χ4v) is 2.54. The molecule has 0 aliphatic rings. The Morgan fingerprint density at radius 1 is 1.11 bits per heavy atom. The average Bonchev–Trinajstić information content (AvgIpc) is 2.41. The van der Waals surface area contributed by atoms with Gasteiger partial charge in [0.1, 0.15) is 5.75 Å². The number of ether oxygens (including phenoxy) is 1. The Kier molecular flexibility index (Phi) is 4.47. The Morgan fingerprint density at radius 2 is 1.74 bits per heavy atom. The van der Waals surface area contributed by atoms with E-state index in [1.165, 1.54) is 3.57 Å². The van der Waals surface area contributed by atoms with Crippen LogP contribution in [-0.4, -0.2) is 12.2 Å². The van der Waals surface area contributed by atoms with Crippen molar-refractivity contribution in [3.05, 3.63) is 63.2 Å². The molecule has 0 aliphatic heterocycles. The number of hydrogen-bond acceptors (Lipinski definition) is 2. The molecule has 1 unspecified atom stereocenters. The second kappa shape index (κ2) is 5.92. The molecule has 100 valence electrons. The first kappa shape index (κ1) is 14.3. The predicted octanol–water partition coefficient (Wildman–Crippen LogP) is 3.75. The molecule has 2 aromatic carbocycles. The summed E-state index contributed by atoms with van der Waals surface area (Å²) < 4.78 is 6.52. The second-order valence-corrected chi connectivity index (χ2v) is 6.02. The van der Waals surface area contributed by atoms with Gasteiger partial charge in [0.15, 0.2) is 0 Å². The summed E-state index contributed by atoms with van der Waals surface area (Å²) >= 11 is 2.27. The van der Waals surface area contributed by atoms with Crippen LogP contribution in [0.2, 0.25) is 0 Å². The molecule has 3 heteroatoms. The Morgan fingerprint density at radius 3 is 2.37 bits per heavy atom. The van der Waals surface area contributed by atoms with Crippen molar-refractivity contribution in [1.29, 1.82) is 0 Å². The topological polar surface area (TPSA) is 29.5 Å². The van der Waals surface area contributed by atoms with Crippen molar-refractivity contribution in [2.75, 3.05) is 7.11 Å². The van der Waals surface area contributed by atoms with E-state index in [-0.39, 0.29) is 0 Å². The van der Waals surface area contributed by atoms with Gasteiger partial charge in [0.2, 0.25) is 0 Å². The Balaban J connectivity index is 2.29. The number of para-hydroxylation sites is 1. The van der Waals surface area contributed by atoms with E-state index in [1.54, 1.807) is 7.11 Å². The van der Waals surface area contributed by atoms with Crippen molar-refractivity contribution in [3.63, 3.8) is 0 Å². The van der Waals surface area contributed by atoms with Crippen LogP contribution in [0.25, 0.3) is 0 Å². The fourth-order valence-electron chi connectivity index (χ4n) is 2.18. The first-order chi connectivity index (χ1) is 9.03. The summed E-state index contributed by atoms with van der Waals surface area (Å²) in [5.74, 6) is 0.720. The highest BCUT2D eigenvalue weighted by atomic mass is 127. The predicted molar refractivity (Wildman–Crippen MR) is 85.4 cm³/mol. The third-order valence-corrected chi connectivity index (χ3v) is 3.87. The summed E-state index contributed by atoms with van der Waals surface area (Å²) in [4.78, 5) is 0. The maximum atomic E-state index is 10.7. The molecule has 0 amide bonds. The van der Waals surface area contributed by atoms with E-state index in [2.05, 4.69) is 22.6 Å². The van der Waals surface area contributed by atoms with Crippen LogP contribution in [0.4, 0.5) is 0 Å². The molecule has 0 saturated heterocycles. The van der Waals surface area contributed by atoms with Crippen LogP contribution >= 0.6 is 22.6 Å². The molecule has 0 radical (unpaired) electrons. The first-order valence-electron chi connectivity index (χ1n) is 6.13. The molecule has 19 heavy (non-hydrogen) atoms. The third kappa shape index (κ3) is 3.48. The van der Waals surface area contributed by atoms with Crippen molar-refractivity contribution in [2.24, 2.45) is 0 Å². The Bertz CT molecular complexity index is 547. The Labute approximate surface area is 127 Å². The van der Waals surface area contributed by atoms with Crippen molar-refractivity contribution >= 4 is 22.6 Å². The number of rotatable bonds is 4. The number of aliphatic hydroxyl groups is 1. The number of hydrogen-bond donors (Lipinski definition) is 1. The maximum Gasteiger partial charge on any atom is 0.124 e. The lowest BCUT2D eigenvalue weighted by molar-refractivity contribution is 0.0549. The van der Waals surface area contributed by atoms with Gasteiger partial charge in [-0.25, -0.2) is 0 Å². The molecule has 0 aliphatic carbocycles. The van der Waals surface area contributed by atoms with Crippen LogP contribution < -0.4 is 4.74 Å². The van der Waals surface area contributed by atoms with E-state index >= 15 is 0 Å². The molecule has 2 aromatic rings. The van der Waals surface area contributed by atoms with E-state index < -0.39 is 5.60 Å². The van der Waals surface area contributed by atoms with Gasteiger partial charge in [-0.15, -0.1) is 0 Å². The van der Waals surface area contributed by atoms with Gasteiger partial charge in [0, 0.05) is 15.6 Å². The highest BCUT2D eigenvalue weighted by Crippen LogP contribution is 2.32. The monoisotopic (exact) mass is 368 g/mol. The minimum atomic E-state index is -0.945. The van der Waals surface area contributed by atoms with Gasteiger partial charge >= 0.3 is 0 Å². The molecule has 0 heterocycles. The van der Waals surface area contributed by atoms with E-state index in [1.807, 2.05) is 55.5 Å². The van der Waals surface area contributed by atoms with Crippen LogP contribution in [0.1, 0.15) is 18.1 Å². The summed E-state index contributed by atoms with van der Waals surface area (Å²) in [6, 6.07) is 15.8. The Hall–Kier alpha value is -1.07. The van der Waals surface area contributed by atoms with Crippen LogP contribution in [0.3, 0.4) is 0 Å². The van der Waals surface area contributed by atoms with E-state index in [4.69, 9.17) is 4.74 Å². The summed E-state index contributed by atoms with van der Waals surface area (Å²) in [7, 11) is 1.62. The smallest absolute Gasteiger partial charge is 0.124 e. The average molecular weight is 368 g/mol. The zero-order chi connectivity index (χ0) is 13.9. The van der Waals surface area contributed by atoms with Crippen molar-refractivity contribution in [2.45, 2.75) is 18.9 Å². The third-order valence-electron chi connectivity index (χ3n) is 3.15. The molecule has 2 rings (SSSR count). The molecule has 0 bridgehead atoms. The maximum absolute atomic E-state index is 10.7. The second-order valence-electron chi connectivity index (χ2n) is 4.78. The van der Waals surface area contributed by atoms with Crippen molar-refractivity contribution < 1.29 is 9.84 Å². The summed E-state index contributed by atoms with van der Waals surface area (Å²) in [5.41, 5.74) is 0.978. The van der Waals surface area contributed by atoms with Crippen LogP contribution in [-0.2, 0) is 12.0 Å². The molecule has 0 saturated carbocycles. The number of halogens is 1. The van der Waals surface area contributed by atoms with Gasteiger partial charge in [-0.05, 0) is 53.3 Å². The minimum absolute atomic E-state index is 0.560. The molecular weight excluding hydrogens is 351 g/mol. The lowest BCUT2D eigenvalue weighted by atomic mass is 9.88. The van der Waals surface area contributed by atoms with E-state index in [9.17, 15) is 5.11 Å². The highest BCUT2D eigenvalue weighted by Gasteiger charge is 2.26. The zero-order valence-corrected chi connectivity index (χ0v) is 13.2. The van der Waals surface area contributed by atoms with Crippen molar-refractivity contribution in [1.82, 2.24) is 0 Å². The van der Waals surface area contributed by atoms with Gasteiger partial charge in [-0.2, -0.15) is 0 Å². The first-order valence-corrected chi connectivity index (χ1v) is 7.21. The number of benzene rings is 2. The van der Waals surface area contributed by atoms with Crippen LogP contribution in [0.15, 0.2) is 48.5 Å². The molecule has 0 aromatic heterocycles. The normalized spacial score (nSPS) is 13.9. The highest BCUT2D eigenvalue weighted by molar-refractivity contribution is 14.1. The minimum Gasteiger partial charge on any atom is -0.496 e. The molecule has 0 spiro atoms. The van der Waals surface area contributed by atoms with Gasteiger partial charge < -0.3 is 9.84 Å². The summed E-state index contributed by atoms with van der Waals surface area (Å²) in [6.07, 6.45) is 0.560. The van der Waals surface area contributed by atoms with Crippen LogP contribution in [0.5, 0.6) is 5.75 Å². The SMILES string of the molecule is COc1ccccc1C(C)(O)Cc1ccc(I)cc1. The zero-order valence-electron chi connectivity index (χ0n) is 11.1. The van der Waals surface area contributed by atoms with E-state index in [0.29, 0.717) is 6.42 Å². The van der Waals surface area contributed by atoms with Gasteiger partial charge in [-0.3, -0.25) is 0 Å². The lowest BCUT2D eigenvalue weighted by Crippen LogP contribution is -2.25. The van der Waals surface area contributed by atoms with Gasteiger partial charge in [-0.1, -0.05) is 30.3 Å². The molecular formula is C16H17IO2. The molecule has 1 N–H and O–H groups in total. The molecule has 1 atom stereocenters. The lowest BCUT2D eigenvalue weighted by Gasteiger charge is -2.26. The van der Waals surface area contributed by atoms with Crippen molar-refractivity contribution in [3.8, 4) is 5.75 Å². The van der Waals surface area contributed by atoms with E-state index in [0.717, 1.165) is 16.9 Å². The van der Waals surface area contributed by atoms with Crippen LogP contribution in [0, 0.1) is 3.57 Å². The summed E-state index contributed by atoms with van der Waals surface area (Å²) in [5, 5.41) is 10.7. The summed E-state index contributed by atoms with van der Waals surface area (Å²) in [6.45, 7) is 1.82. The molecule has 0 fully saturated rings. The molecule has 2 nitrogen and oxygen atoms in total. The number of methoxy groups -OCH3 is 1.